The van der Waals surface area contributed by atoms with Gasteiger partial charge in [-0.15, -0.1) is 0 Å². The van der Waals surface area contributed by atoms with E-state index in [9.17, 15) is 10.1 Å². The molecule has 0 unspecified atom stereocenters. The van der Waals surface area contributed by atoms with Crippen LogP contribution < -0.4 is 16.4 Å². The predicted octanol–water partition coefficient (Wildman–Crippen LogP) is 3.84. The van der Waals surface area contributed by atoms with E-state index in [0.29, 0.717) is 10.9 Å². The Labute approximate surface area is 158 Å². The number of fused-ring (bicyclic) bond motifs is 1. The number of nitrogens with zero attached hydrogens (tertiary/aromatic N) is 3. The largest absolute Gasteiger partial charge is 0.369 e. The molecule has 2 heterocycles. The third-order valence-electron chi connectivity index (χ3n) is 3.78. The van der Waals surface area contributed by atoms with Crippen LogP contribution in [0.15, 0.2) is 59.6 Å². The van der Waals surface area contributed by atoms with Gasteiger partial charge in [0, 0.05) is 17.8 Å². The summed E-state index contributed by atoms with van der Waals surface area (Å²) in [6.07, 6.45) is 1.86. The highest BCUT2D eigenvalue weighted by atomic mass is 32.1. The standard InChI is InChI=1S/C18H14N6O2S/c19-17-21-14(10-11-6-8-13(9-7-11)24(25)26)15-16(22-17)23-18(27-15)20-12-4-2-1-3-5-12/h1-10H,(H,20,23)(H3,19,21,22)/b14-10+. The van der Waals surface area contributed by atoms with Crippen molar-refractivity contribution in [2.45, 2.75) is 0 Å². The molecular weight excluding hydrogens is 364 g/mol. The Hall–Kier alpha value is -3.72. The minimum absolute atomic E-state index is 0.0441. The van der Waals surface area contributed by atoms with Crippen molar-refractivity contribution in [3.63, 3.8) is 0 Å². The quantitative estimate of drug-likeness (QED) is 0.469. The molecule has 0 aliphatic carbocycles. The first-order chi connectivity index (χ1) is 13.1. The lowest BCUT2D eigenvalue weighted by atomic mass is 10.1. The van der Waals surface area contributed by atoms with Gasteiger partial charge in [-0.05, 0) is 35.9 Å². The van der Waals surface area contributed by atoms with Crippen LogP contribution in [0.5, 0.6) is 0 Å². The van der Waals surface area contributed by atoms with E-state index in [2.05, 4.69) is 20.6 Å². The van der Waals surface area contributed by atoms with Gasteiger partial charge < -0.3 is 16.4 Å². The summed E-state index contributed by atoms with van der Waals surface area (Å²) in [5.41, 5.74) is 8.38. The Balaban J connectivity index is 1.66. The zero-order valence-corrected chi connectivity index (χ0v) is 14.7. The van der Waals surface area contributed by atoms with E-state index in [4.69, 9.17) is 5.73 Å². The van der Waals surface area contributed by atoms with E-state index in [1.807, 2.05) is 36.4 Å². The Kier molecular flexibility index (Phi) is 4.27. The summed E-state index contributed by atoms with van der Waals surface area (Å²) in [5.74, 6) is 0.773. The number of nitrogens with one attached hydrogen (secondary N) is 2. The minimum Gasteiger partial charge on any atom is -0.369 e. The van der Waals surface area contributed by atoms with Gasteiger partial charge >= 0.3 is 0 Å². The van der Waals surface area contributed by atoms with Crippen molar-refractivity contribution < 1.29 is 4.92 Å². The molecule has 1 aliphatic rings. The zero-order valence-electron chi connectivity index (χ0n) is 13.9. The molecule has 0 radical (unpaired) electrons. The third-order valence-corrected chi connectivity index (χ3v) is 4.78. The molecule has 1 aliphatic heterocycles. The molecule has 27 heavy (non-hydrogen) atoms. The molecule has 0 amide bonds. The first kappa shape index (κ1) is 16.7. The highest BCUT2D eigenvalue weighted by Crippen LogP contribution is 2.37. The van der Waals surface area contributed by atoms with Crippen molar-refractivity contribution in [2.24, 2.45) is 10.7 Å². The molecule has 4 N–H and O–H groups in total. The van der Waals surface area contributed by atoms with Crippen molar-refractivity contribution in [3.8, 4) is 0 Å². The second kappa shape index (κ2) is 6.89. The van der Waals surface area contributed by atoms with Gasteiger partial charge in [0.25, 0.3) is 5.69 Å². The van der Waals surface area contributed by atoms with Gasteiger partial charge in [0.1, 0.15) is 0 Å². The predicted molar refractivity (Wildman–Crippen MR) is 107 cm³/mol. The fraction of sp³-hybridized carbons (Fsp3) is 0. The smallest absolute Gasteiger partial charge is 0.269 e. The summed E-state index contributed by atoms with van der Waals surface area (Å²) in [4.78, 5) is 19.9. The molecule has 0 bridgehead atoms. The molecule has 134 valence electrons. The molecule has 8 nitrogen and oxygen atoms in total. The molecule has 0 spiro atoms. The van der Waals surface area contributed by atoms with Gasteiger partial charge in [-0.1, -0.05) is 29.5 Å². The average molecular weight is 378 g/mol. The number of hydrogen-bond acceptors (Lipinski definition) is 8. The van der Waals surface area contributed by atoms with Crippen LogP contribution in [0, 0.1) is 10.1 Å². The molecule has 1 aromatic heterocycles. The zero-order chi connectivity index (χ0) is 18.8. The fourth-order valence-corrected chi connectivity index (χ4v) is 3.46. The topological polar surface area (TPSA) is 118 Å². The monoisotopic (exact) mass is 378 g/mol. The Morgan fingerprint density at radius 3 is 2.59 bits per heavy atom. The molecular formula is C18H14N6O2S. The van der Waals surface area contributed by atoms with E-state index in [1.54, 1.807) is 12.1 Å². The van der Waals surface area contributed by atoms with Crippen LogP contribution in [0.3, 0.4) is 0 Å². The molecule has 0 saturated heterocycles. The summed E-state index contributed by atoms with van der Waals surface area (Å²) < 4.78 is 0. The number of nitro benzene ring substituents is 1. The van der Waals surface area contributed by atoms with E-state index >= 15 is 0 Å². The van der Waals surface area contributed by atoms with Crippen molar-refractivity contribution in [2.75, 3.05) is 5.32 Å². The van der Waals surface area contributed by atoms with E-state index in [-0.39, 0.29) is 11.6 Å². The number of aromatic nitrogens is 1. The summed E-state index contributed by atoms with van der Waals surface area (Å²) in [6.45, 7) is 0. The second-order valence-corrected chi connectivity index (χ2v) is 6.69. The number of benzene rings is 2. The van der Waals surface area contributed by atoms with Crippen molar-refractivity contribution in [1.29, 1.82) is 0 Å². The van der Waals surface area contributed by atoms with Gasteiger partial charge in [0.2, 0.25) is 0 Å². The number of anilines is 2. The van der Waals surface area contributed by atoms with Gasteiger partial charge in [-0.2, -0.15) is 9.98 Å². The number of para-hydroxylation sites is 1. The Morgan fingerprint density at radius 2 is 1.89 bits per heavy atom. The van der Waals surface area contributed by atoms with Gasteiger partial charge in [-0.25, -0.2) is 0 Å². The summed E-state index contributed by atoms with van der Waals surface area (Å²) in [5, 5.41) is 17.8. The van der Waals surface area contributed by atoms with Gasteiger partial charge in [-0.3, -0.25) is 10.1 Å². The lowest BCUT2D eigenvalue weighted by Gasteiger charge is -2.13. The number of non-ortho nitro benzene ring substituents is 1. The molecule has 3 aromatic rings. The highest BCUT2D eigenvalue weighted by Gasteiger charge is 2.20. The van der Waals surface area contributed by atoms with Crippen LogP contribution in [0.25, 0.3) is 11.8 Å². The van der Waals surface area contributed by atoms with Crippen molar-refractivity contribution >= 4 is 51.4 Å². The van der Waals surface area contributed by atoms with Crippen LogP contribution >= 0.6 is 11.3 Å². The maximum absolute atomic E-state index is 10.8. The average Bonchev–Trinajstić information content (AvgIpc) is 3.05. The highest BCUT2D eigenvalue weighted by molar-refractivity contribution is 7.17. The minimum atomic E-state index is -0.427. The molecule has 4 rings (SSSR count). The fourth-order valence-electron chi connectivity index (χ4n) is 2.56. The van der Waals surface area contributed by atoms with Crippen LogP contribution in [-0.4, -0.2) is 15.9 Å². The first-order valence-corrected chi connectivity index (χ1v) is 8.81. The summed E-state index contributed by atoms with van der Waals surface area (Å²) in [7, 11) is 0. The molecule has 0 atom stereocenters. The molecule has 0 saturated carbocycles. The third kappa shape index (κ3) is 3.62. The Bertz CT molecular complexity index is 1060. The van der Waals surface area contributed by atoms with Crippen LogP contribution in [0.1, 0.15) is 10.4 Å². The Morgan fingerprint density at radius 1 is 1.15 bits per heavy atom. The first-order valence-electron chi connectivity index (χ1n) is 7.99. The number of nitrogens with two attached hydrogens (primary N) is 1. The second-order valence-electron chi connectivity index (χ2n) is 5.69. The maximum atomic E-state index is 10.8. The van der Waals surface area contributed by atoms with Crippen molar-refractivity contribution in [1.82, 2.24) is 10.3 Å². The number of thiazole rings is 1. The number of rotatable bonds is 4. The molecule has 9 heteroatoms. The SMILES string of the molecule is NC1=Nc2nc(Nc3ccccc3)sc2/C(=C\c2ccc([N+](=O)[O-])cc2)N1. The lowest BCUT2D eigenvalue weighted by molar-refractivity contribution is -0.384. The maximum Gasteiger partial charge on any atom is 0.269 e. The van der Waals surface area contributed by atoms with E-state index in [1.165, 1.54) is 23.5 Å². The summed E-state index contributed by atoms with van der Waals surface area (Å²) in [6, 6.07) is 16.0. The normalized spacial score (nSPS) is 14.2. The van der Waals surface area contributed by atoms with Crippen LogP contribution in [-0.2, 0) is 0 Å². The van der Waals surface area contributed by atoms with E-state index in [0.717, 1.165) is 21.8 Å². The molecule has 0 fully saturated rings. The number of guanidine groups is 1. The number of hydrogen-bond donors (Lipinski definition) is 3. The lowest BCUT2D eigenvalue weighted by Crippen LogP contribution is -2.31. The van der Waals surface area contributed by atoms with Gasteiger partial charge in [0.15, 0.2) is 16.9 Å². The van der Waals surface area contributed by atoms with Crippen molar-refractivity contribution in [3.05, 3.63) is 75.2 Å². The van der Waals surface area contributed by atoms with Crippen LogP contribution in [0.2, 0.25) is 0 Å². The summed E-state index contributed by atoms with van der Waals surface area (Å²) >= 11 is 1.44. The number of nitro groups is 1. The van der Waals surface area contributed by atoms with Crippen LogP contribution in [0.4, 0.5) is 22.3 Å². The number of aliphatic imine (C=N–C) groups is 1. The van der Waals surface area contributed by atoms with Gasteiger partial charge in [0.05, 0.1) is 15.5 Å². The van der Waals surface area contributed by atoms with E-state index < -0.39 is 4.92 Å². The molecule has 2 aromatic carbocycles.